The second-order valence-corrected chi connectivity index (χ2v) is 6.73. The van der Waals surface area contributed by atoms with Crippen molar-refractivity contribution in [3.63, 3.8) is 0 Å². The lowest BCUT2D eigenvalue weighted by Crippen LogP contribution is -2.49. The first-order valence-corrected chi connectivity index (χ1v) is 8.66. The maximum Gasteiger partial charge on any atom is 0.270 e. The molecular weight excluding hydrogens is 321 g/mol. The lowest BCUT2D eigenvalue weighted by Gasteiger charge is -2.38. The Morgan fingerprint density at radius 1 is 1.24 bits per heavy atom. The van der Waals surface area contributed by atoms with E-state index in [9.17, 15) is 9.18 Å². The first-order valence-electron chi connectivity index (χ1n) is 8.66. The highest BCUT2D eigenvalue weighted by Crippen LogP contribution is 2.38. The maximum atomic E-state index is 13.7. The number of aromatic nitrogens is 2. The molecule has 0 unspecified atom stereocenters. The molecule has 1 aromatic heterocycles. The second kappa shape index (κ2) is 6.52. The second-order valence-electron chi connectivity index (χ2n) is 6.73. The van der Waals surface area contributed by atoms with Crippen LogP contribution in [0.2, 0.25) is 0 Å². The van der Waals surface area contributed by atoms with E-state index in [-0.39, 0.29) is 11.7 Å². The van der Waals surface area contributed by atoms with Crippen LogP contribution in [0.5, 0.6) is 0 Å². The molecule has 2 heterocycles. The van der Waals surface area contributed by atoms with Gasteiger partial charge >= 0.3 is 0 Å². The minimum Gasteiger partial charge on any atom is -0.381 e. The maximum absolute atomic E-state index is 13.7. The number of halogens is 1. The lowest BCUT2D eigenvalue weighted by atomic mass is 9.82. The van der Waals surface area contributed by atoms with Crippen molar-refractivity contribution >= 4 is 5.91 Å². The van der Waals surface area contributed by atoms with Crippen molar-refractivity contribution < 1.29 is 13.9 Å². The van der Waals surface area contributed by atoms with Gasteiger partial charge in [-0.05, 0) is 49.4 Å². The zero-order valence-corrected chi connectivity index (χ0v) is 13.9. The number of amides is 1. The summed E-state index contributed by atoms with van der Waals surface area (Å²) in [4.78, 5) is 21.5. The molecule has 0 atom stereocenters. The average Bonchev–Trinajstić information content (AvgIpc) is 3.48. The molecule has 0 spiro atoms. The molecule has 1 aliphatic carbocycles. The number of rotatable bonds is 4. The molecule has 0 bridgehead atoms. The molecule has 0 radical (unpaired) electrons. The quantitative estimate of drug-likeness (QED) is 0.929. The van der Waals surface area contributed by atoms with Crippen LogP contribution in [0.3, 0.4) is 0 Å². The van der Waals surface area contributed by atoms with Crippen molar-refractivity contribution in [1.82, 2.24) is 15.3 Å². The molecule has 1 saturated carbocycles. The Bertz CT molecular complexity index is 786. The van der Waals surface area contributed by atoms with Gasteiger partial charge in [0.15, 0.2) is 0 Å². The SMILES string of the molecule is O=C(NC1(c2cccc(F)c2)CCOCC1)c1ccnc(C2CC2)n1. The molecule has 1 N–H and O–H groups in total. The summed E-state index contributed by atoms with van der Waals surface area (Å²) in [5.74, 6) is 0.554. The molecule has 1 aliphatic heterocycles. The van der Waals surface area contributed by atoms with Crippen molar-refractivity contribution in [2.75, 3.05) is 13.2 Å². The predicted octanol–water partition coefficient (Wildman–Crippen LogP) is 2.93. The molecule has 25 heavy (non-hydrogen) atoms. The normalized spacial score (nSPS) is 19.4. The van der Waals surface area contributed by atoms with Gasteiger partial charge in [-0.2, -0.15) is 0 Å². The van der Waals surface area contributed by atoms with Crippen molar-refractivity contribution in [3.8, 4) is 0 Å². The fourth-order valence-corrected chi connectivity index (χ4v) is 3.31. The Morgan fingerprint density at radius 2 is 2.04 bits per heavy atom. The summed E-state index contributed by atoms with van der Waals surface area (Å²) in [6, 6.07) is 8.04. The predicted molar refractivity (Wildman–Crippen MR) is 89.6 cm³/mol. The number of carbonyl (C=O) groups excluding carboxylic acids is 1. The number of hydrogen-bond donors (Lipinski definition) is 1. The van der Waals surface area contributed by atoms with Gasteiger partial charge in [-0.15, -0.1) is 0 Å². The van der Waals surface area contributed by atoms with Crippen molar-refractivity contribution in [3.05, 3.63) is 59.4 Å². The summed E-state index contributed by atoms with van der Waals surface area (Å²) in [5.41, 5.74) is 0.488. The molecule has 2 aliphatic rings. The molecule has 130 valence electrons. The van der Waals surface area contributed by atoms with Gasteiger partial charge in [0.1, 0.15) is 17.3 Å². The van der Waals surface area contributed by atoms with Crippen LogP contribution < -0.4 is 5.32 Å². The molecular formula is C19H20FN3O2. The van der Waals surface area contributed by atoms with E-state index in [0.29, 0.717) is 37.7 Å². The first-order chi connectivity index (χ1) is 12.2. The number of nitrogens with zero attached hydrogens (tertiary/aromatic N) is 2. The van der Waals surface area contributed by atoms with Crippen LogP contribution in [0, 0.1) is 5.82 Å². The smallest absolute Gasteiger partial charge is 0.270 e. The van der Waals surface area contributed by atoms with E-state index < -0.39 is 5.54 Å². The van der Waals surface area contributed by atoms with Gasteiger partial charge in [0, 0.05) is 25.3 Å². The Morgan fingerprint density at radius 3 is 2.76 bits per heavy atom. The zero-order chi connectivity index (χ0) is 17.3. The van der Waals surface area contributed by atoms with Crippen LogP contribution in [0.1, 0.15) is 53.5 Å². The van der Waals surface area contributed by atoms with Crippen LogP contribution in [0.15, 0.2) is 36.5 Å². The topological polar surface area (TPSA) is 64.1 Å². The fourth-order valence-electron chi connectivity index (χ4n) is 3.31. The highest BCUT2D eigenvalue weighted by Gasteiger charge is 2.37. The van der Waals surface area contributed by atoms with Crippen LogP contribution in [-0.4, -0.2) is 29.1 Å². The van der Waals surface area contributed by atoms with E-state index >= 15 is 0 Å². The van der Waals surface area contributed by atoms with Gasteiger partial charge in [0.25, 0.3) is 5.91 Å². The molecule has 1 saturated heterocycles. The van der Waals surface area contributed by atoms with Crippen LogP contribution in [0.4, 0.5) is 4.39 Å². The number of nitrogens with one attached hydrogen (secondary N) is 1. The van der Waals surface area contributed by atoms with Crippen molar-refractivity contribution in [1.29, 1.82) is 0 Å². The molecule has 2 fully saturated rings. The Balaban J connectivity index is 1.62. The summed E-state index contributed by atoms with van der Waals surface area (Å²) in [6.45, 7) is 1.04. The fraction of sp³-hybridized carbons (Fsp3) is 0.421. The number of benzene rings is 1. The van der Waals surface area contributed by atoms with Crippen molar-refractivity contribution in [2.24, 2.45) is 0 Å². The highest BCUT2D eigenvalue weighted by atomic mass is 19.1. The van der Waals surface area contributed by atoms with Crippen molar-refractivity contribution in [2.45, 2.75) is 37.1 Å². The third-order valence-corrected chi connectivity index (χ3v) is 4.93. The van der Waals surface area contributed by atoms with Gasteiger partial charge < -0.3 is 10.1 Å². The monoisotopic (exact) mass is 341 g/mol. The largest absolute Gasteiger partial charge is 0.381 e. The van der Waals surface area contributed by atoms with E-state index in [2.05, 4.69) is 15.3 Å². The zero-order valence-electron chi connectivity index (χ0n) is 13.9. The van der Waals surface area contributed by atoms with Gasteiger partial charge in [-0.3, -0.25) is 4.79 Å². The average molecular weight is 341 g/mol. The minimum absolute atomic E-state index is 0.254. The standard InChI is InChI=1S/C19H20FN3O2/c20-15-3-1-2-14(12-15)19(7-10-25-11-8-19)23-18(24)16-6-9-21-17(22-16)13-4-5-13/h1-3,6,9,12-13H,4-5,7-8,10-11H2,(H,23,24). The molecule has 6 heteroatoms. The molecule has 1 amide bonds. The molecule has 5 nitrogen and oxygen atoms in total. The highest BCUT2D eigenvalue weighted by molar-refractivity contribution is 5.92. The summed E-state index contributed by atoms with van der Waals surface area (Å²) >= 11 is 0. The van der Waals surface area contributed by atoms with Crippen LogP contribution in [-0.2, 0) is 10.3 Å². The Kier molecular flexibility index (Phi) is 4.21. The summed E-state index contributed by atoms with van der Waals surface area (Å²) in [7, 11) is 0. The molecule has 2 aromatic rings. The van der Waals surface area contributed by atoms with Gasteiger partial charge in [0.2, 0.25) is 0 Å². The Hall–Kier alpha value is -2.34. The van der Waals surface area contributed by atoms with Gasteiger partial charge in [0.05, 0.1) is 5.54 Å². The summed E-state index contributed by atoms with van der Waals surface area (Å²) in [5, 5.41) is 3.10. The first kappa shape index (κ1) is 16.1. The van der Waals surface area contributed by atoms with E-state index in [4.69, 9.17) is 4.74 Å². The van der Waals surface area contributed by atoms with E-state index in [0.717, 1.165) is 24.2 Å². The Labute approximate surface area is 145 Å². The van der Waals surface area contributed by atoms with E-state index in [1.807, 2.05) is 6.07 Å². The summed E-state index contributed by atoms with van der Waals surface area (Å²) < 4.78 is 19.2. The number of hydrogen-bond acceptors (Lipinski definition) is 4. The van der Waals surface area contributed by atoms with Crippen LogP contribution in [0.25, 0.3) is 0 Å². The minimum atomic E-state index is -0.637. The van der Waals surface area contributed by atoms with Gasteiger partial charge in [-0.25, -0.2) is 14.4 Å². The van der Waals surface area contributed by atoms with E-state index in [1.165, 1.54) is 12.1 Å². The third-order valence-electron chi connectivity index (χ3n) is 4.93. The van der Waals surface area contributed by atoms with Crippen LogP contribution >= 0.6 is 0 Å². The molecule has 4 rings (SSSR count). The van der Waals surface area contributed by atoms with E-state index in [1.54, 1.807) is 18.3 Å². The third kappa shape index (κ3) is 3.39. The number of ether oxygens (including phenoxy) is 1. The number of carbonyl (C=O) groups is 1. The summed E-state index contributed by atoms with van der Waals surface area (Å²) in [6.07, 6.45) is 4.99. The molecule has 1 aromatic carbocycles. The van der Waals surface area contributed by atoms with Gasteiger partial charge in [-0.1, -0.05) is 12.1 Å². The lowest BCUT2D eigenvalue weighted by molar-refractivity contribution is 0.0343.